The van der Waals surface area contributed by atoms with Crippen molar-refractivity contribution in [1.82, 2.24) is 4.72 Å². The zero-order valence-electron chi connectivity index (χ0n) is 12.9. The van der Waals surface area contributed by atoms with Crippen molar-refractivity contribution in [3.63, 3.8) is 0 Å². The van der Waals surface area contributed by atoms with Gasteiger partial charge in [-0.15, -0.1) is 4.72 Å². The minimum Gasteiger partial charge on any atom is -0.598 e. The standard InChI is InChI=1S/C14H19FN2O4S/c1-13(2,3)22(21)16-14(4,7-8-18)11-9-10(17(19)20)5-6-12(11)15/h5-6,8-9,16H,7H2,1-4H3/t14-,22?/m0/s1. The molecule has 0 saturated heterocycles. The van der Waals surface area contributed by atoms with Crippen molar-refractivity contribution in [2.45, 2.75) is 44.4 Å². The zero-order valence-corrected chi connectivity index (χ0v) is 13.7. The van der Waals surface area contributed by atoms with Crippen LogP contribution in [-0.4, -0.2) is 20.5 Å². The zero-order chi connectivity index (χ0) is 17.1. The first-order valence-electron chi connectivity index (χ1n) is 6.59. The lowest BCUT2D eigenvalue weighted by Gasteiger charge is -2.34. The summed E-state index contributed by atoms with van der Waals surface area (Å²) in [5.41, 5.74) is -1.67. The summed E-state index contributed by atoms with van der Waals surface area (Å²) < 4.78 is 28.5. The molecule has 0 fully saturated rings. The number of hydrogen-bond acceptors (Lipinski definition) is 5. The number of halogens is 1. The molecule has 0 radical (unpaired) electrons. The Morgan fingerprint density at radius 3 is 2.41 bits per heavy atom. The average molecular weight is 330 g/mol. The maximum atomic E-state index is 14.1. The van der Waals surface area contributed by atoms with E-state index in [0.29, 0.717) is 6.29 Å². The van der Waals surface area contributed by atoms with E-state index < -0.39 is 32.4 Å². The van der Waals surface area contributed by atoms with Crippen molar-refractivity contribution in [3.8, 4) is 0 Å². The number of carbonyl (C=O) groups is 1. The van der Waals surface area contributed by atoms with Crippen molar-refractivity contribution in [1.29, 1.82) is 0 Å². The summed E-state index contributed by atoms with van der Waals surface area (Å²) >= 11 is -1.58. The highest BCUT2D eigenvalue weighted by Gasteiger charge is 2.39. The van der Waals surface area contributed by atoms with Gasteiger partial charge < -0.3 is 9.35 Å². The molecule has 0 bridgehead atoms. The Morgan fingerprint density at radius 2 is 1.95 bits per heavy atom. The Balaban J connectivity index is 3.32. The summed E-state index contributed by atoms with van der Waals surface area (Å²) in [6, 6.07) is 3.07. The molecule has 22 heavy (non-hydrogen) atoms. The first-order valence-corrected chi connectivity index (χ1v) is 7.74. The summed E-state index contributed by atoms with van der Waals surface area (Å²) in [7, 11) is 0. The molecule has 1 unspecified atom stereocenters. The lowest BCUT2D eigenvalue weighted by Crippen LogP contribution is -2.50. The van der Waals surface area contributed by atoms with E-state index in [-0.39, 0.29) is 17.7 Å². The number of nitrogens with one attached hydrogen (secondary N) is 1. The predicted molar refractivity (Wildman–Crippen MR) is 82.1 cm³/mol. The van der Waals surface area contributed by atoms with Gasteiger partial charge in [-0.2, -0.15) is 0 Å². The second-order valence-electron chi connectivity index (χ2n) is 6.11. The molecule has 6 nitrogen and oxygen atoms in total. The normalized spacial score (nSPS) is 15.9. The van der Waals surface area contributed by atoms with E-state index in [2.05, 4.69) is 4.72 Å². The Bertz CT molecular complexity index is 576. The fourth-order valence-electron chi connectivity index (χ4n) is 1.78. The average Bonchev–Trinajstić information content (AvgIpc) is 2.37. The van der Waals surface area contributed by atoms with Gasteiger partial charge in [-0.05, 0) is 33.8 Å². The number of aldehydes is 1. The van der Waals surface area contributed by atoms with Gasteiger partial charge in [0, 0.05) is 35.5 Å². The maximum absolute atomic E-state index is 14.1. The molecule has 0 aliphatic heterocycles. The first kappa shape index (κ1) is 18.5. The Hall–Kier alpha value is -1.51. The molecule has 0 aliphatic carbocycles. The summed E-state index contributed by atoms with van der Waals surface area (Å²) in [5.74, 6) is -0.701. The Kier molecular flexibility index (Phi) is 5.66. The number of benzene rings is 1. The molecule has 1 aromatic carbocycles. The summed E-state index contributed by atoms with van der Waals surface area (Å²) in [4.78, 5) is 21.2. The van der Waals surface area contributed by atoms with Crippen LogP contribution in [0.5, 0.6) is 0 Å². The predicted octanol–water partition coefficient (Wildman–Crippen LogP) is 2.59. The van der Waals surface area contributed by atoms with Crippen LogP contribution in [0.25, 0.3) is 0 Å². The first-order chi connectivity index (χ1) is 10.0. The molecule has 8 heteroatoms. The van der Waals surface area contributed by atoms with Crippen LogP contribution in [0.1, 0.15) is 39.7 Å². The third kappa shape index (κ3) is 4.25. The van der Waals surface area contributed by atoms with E-state index in [0.717, 1.165) is 18.2 Å². The Labute approximate surface area is 131 Å². The third-order valence-corrected chi connectivity index (χ3v) is 4.87. The quantitative estimate of drug-likeness (QED) is 0.374. The molecule has 0 amide bonds. The van der Waals surface area contributed by atoms with E-state index in [4.69, 9.17) is 0 Å². The van der Waals surface area contributed by atoms with Gasteiger partial charge in [0.25, 0.3) is 5.69 Å². The number of hydrogen-bond donors (Lipinski definition) is 1. The van der Waals surface area contributed by atoms with E-state index in [1.165, 1.54) is 6.92 Å². The van der Waals surface area contributed by atoms with Crippen LogP contribution in [0.4, 0.5) is 10.1 Å². The van der Waals surface area contributed by atoms with Gasteiger partial charge in [-0.3, -0.25) is 10.1 Å². The van der Waals surface area contributed by atoms with Crippen molar-refractivity contribution in [2.24, 2.45) is 0 Å². The SMILES string of the molecule is CC(C)(C)[S+]([O-])N[C@@](C)(CC=O)c1cc([N+](=O)[O-])ccc1F. The summed E-state index contributed by atoms with van der Waals surface area (Å²) in [6.45, 7) is 6.66. The number of nitro groups is 1. The van der Waals surface area contributed by atoms with E-state index in [1.807, 2.05) is 0 Å². The molecule has 0 aliphatic rings. The van der Waals surface area contributed by atoms with Gasteiger partial charge >= 0.3 is 0 Å². The minimum absolute atomic E-state index is 0.0635. The number of nitro benzene ring substituents is 1. The minimum atomic E-state index is -1.58. The van der Waals surface area contributed by atoms with Crippen molar-refractivity contribution in [3.05, 3.63) is 39.7 Å². The number of rotatable bonds is 6. The Morgan fingerprint density at radius 1 is 1.36 bits per heavy atom. The van der Waals surface area contributed by atoms with Gasteiger partial charge in [0.2, 0.25) is 0 Å². The second-order valence-corrected chi connectivity index (χ2v) is 8.07. The largest absolute Gasteiger partial charge is 0.598 e. The van der Waals surface area contributed by atoms with Gasteiger partial charge in [-0.25, -0.2) is 4.39 Å². The van der Waals surface area contributed by atoms with Gasteiger partial charge in [-0.1, -0.05) is 0 Å². The topological polar surface area (TPSA) is 95.3 Å². The highest BCUT2D eigenvalue weighted by Crippen LogP contribution is 2.32. The monoisotopic (exact) mass is 330 g/mol. The van der Waals surface area contributed by atoms with E-state index in [9.17, 15) is 23.9 Å². The lowest BCUT2D eigenvalue weighted by molar-refractivity contribution is -0.385. The van der Waals surface area contributed by atoms with Crippen molar-refractivity contribution >= 4 is 23.3 Å². The summed E-state index contributed by atoms with van der Waals surface area (Å²) in [5, 5.41) is 10.9. The van der Waals surface area contributed by atoms with Crippen LogP contribution >= 0.6 is 0 Å². The molecule has 0 spiro atoms. The third-order valence-electron chi connectivity index (χ3n) is 3.12. The molecule has 0 heterocycles. The fraction of sp³-hybridized carbons (Fsp3) is 0.500. The van der Waals surface area contributed by atoms with Gasteiger partial charge in [0.1, 0.15) is 16.9 Å². The van der Waals surface area contributed by atoms with Gasteiger partial charge in [0.15, 0.2) is 0 Å². The number of non-ortho nitro benzene ring substituents is 1. The molecule has 1 aromatic rings. The maximum Gasteiger partial charge on any atom is 0.269 e. The van der Waals surface area contributed by atoms with E-state index >= 15 is 0 Å². The highest BCUT2D eigenvalue weighted by molar-refractivity contribution is 7.90. The smallest absolute Gasteiger partial charge is 0.269 e. The molecular formula is C14H19FN2O4S. The molecule has 1 rings (SSSR count). The molecule has 0 aromatic heterocycles. The second kappa shape index (κ2) is 6.72. The highest BCUT2D eigenvalue weighted by atomic mass is 32.2. The van der Waals surface area contributed by atoms with Crippen molar-refractivity contribution in [2.75, 3.05) is 0 Å². The van der Waals surface area contributed by atoms with E-state index in [1.54, 1.807) is 20.8 Å². The van der Waals surface area contributed by atoms with Gasteiger partial charge in [0.05, 0.1) is 10.5 Å². The molecule has 2 atom stereocenters. The number of carbonyl (C=O) groups excluding carboxylic acids is 1. The molecule has 122 valence electrons. The van der Waals surface area contributed by atoms with Crippen LogP contribution in [-0.2, 0) is 21.7 Å². The fourth-order valence-corrected chi connectivity index (χ4v) is 2.69. The van der Waals surface area contributed by atoms with Crippen LogP contribution in [0.2, 0.25) is 0 Å². The van der Waals surface area contributed by atoms with Crippen LogP contribution in [0, 0.1) is 15.9 Å². The van der Waals surface area contributed by atoms with Crippen LogP contribution < -0.4 is 4.72 Å². The van der Waals surface area contributed by atoms with Crippen LogP contribution in [0.15, 0.2) is 18.2 Å². The van der Waals surface area contributed by atoms with Crippen LogP contribution in [0.3, 0.4) is 0 Å². The van der Waals surface area contributed by atoms with Crippen molar-refractivity contribution < 1.29 is 18.7 Å². The molecule has 1 N–H and O–H groups in total. The summed E-state index contributed by atoms with van der Waals surface area (Å²) in [6.07, 6.45) is 0.387. The molecular weight excluding hydrogens is 311 g/mol. The number of nitrogens with zero attached hydrogens (tertiary/aromatic N) is 1. The molecule has 0 saturated carbocycles. The lowest BCUT2D eigenvalue weighted by atomic mass is 9.89.